The number of nitrogens with two attached hydrogens (primary N) is 1. The molecule has 0 fully saturated rings. The van der Waals surface area contributed by atoms with Crippen LogP contribution in [0.4, 0.5) is 18.3 Å². The van der Waals surface area contributed by atoms with Gasteiger partial charge in [-0.05, 0) is 0 Å². The maximum Gasteiger partial charge on any atom is 0.434 e. The van der Waals surface area contributed by atoms with Gasteiger partial charge in [0.1, 0.15) is 0 Å². The second-order valence-electron chi connectivity index (χ2n) is 2.36. The van der Waals surface area contributed by atoms with E-state index in [4.69, 9.17) is 5.73 Å². The average molecular weight is 225 g/mol. The number of alkyl halides is 3. The molecule has 8 heteroatoms. The number of thiazole rings is 1. The smallest absolute Gasteiger partial charge is 0.368 e. The molecule has 0 spiro atoms. The van der Waals surface area contributed by atoms with Crippen molar-refractivity contribution in [3.05, 3.63) is 11.1 Å². The summed E-state index contributed by atoms with van der Waals surface area (Å²) < 4.78 is 36.1. The molecule has 1 heterocycles. The monoisotopic (exact) mass is 225 g/mol. The van der Waals surface area contributed by atoms with Crippen LogP contribution in [-0.4, -0.2) is 17.4 Å². The van der Waals surface area contributed by atoms with E-state index in [9.17, 15) is 18.0 Å². The SMILES string of the molecule is NC(=O)CNc1nc(C(F)(F)F)cs1. The van der Waals surface area contributed by atoms with Crippen molar-refractivity contribution in [3.8, 4) is 0 Å². The summed E-state index contributed by atoms with van der Waals surface area (Å²) in [6.45, 7) is -0.231. The van der Waals surface area contributed by atoms with Crippen molar-refractivity contribution in [2.75, 3.05) is 11.9 Å². The fourth-order valence-electron chi connectivity index (χ4n) is 0.648. The van der Waals surface area contributed by atoms with Crippen molar-refractivity contribution in [2.45, 2.75) is 6.18 Å². The lowest BCUT2D eigenvalue weighted by Gasteiger charge is -2.00. The molecule has 0 bridgehead atoms. The van der Waals surface area contributed by atoms with Gasteiger partial charge in [-0.3, -0.25) is 4.79 Å². The minimum atomic E-state index is -4.46. The van der Waals surface area contributed by atoms with Crippen LogP contribution in [0.2, 0.25) is 0 Å². The Morgan fingerprint density at radius 3 is 2.71 bits per heavy atom. The van der Waals surface area contributed by atoms with Crippen LogP contribution in [0.3, 0.4) is 0 Å². The Morgan fingerprint density at radius 2 is 2.29 bits per heavy atom. The second-order valence-corrected chi connectivity index (χ2v) is 3.21. The van der Waals surface area contributed by atoms with Gasteiger partial charge in [-0.1, -0.05) is 0 Å². The summed E-state index contributed by atoms with van der Waals surface area (Å²) in [5.74, 6) is -0.659. The standard InChI is InChI=1S/C6H6F3N3OS/c7-6(8,9)3-2-14-5(12-3)11-1-4(10)13/h2H,1H2,(H2,10,13)(H,11,12). The van der Waals surface area contributed by atoms with E-state index in [0.717, 1.165) is 16.7 Å². The third-order valence-electron chi connectivity index (χ3n) is 1.21. The quantitative estimate of drug-likeness (QED) is 0.808. The highest BCUT2D eigenvalue weighted by Gasteiger charge is 2.33. The fourth-order valence-corrected chi connectivity index (χ4v) is 1.36. The van der Waals surface area contributed by atoms with Crippen LogP contribution < -0.4 is 11.1 Å². The normalized spacial score (nSPS) is 11.4. The summed E-state index contributed by atoms with van der Waals surface area (Å²) >= 11 is 0.768. The van der Waals surface area contributed by atoms with Crippen LogP contribution in [0.25, 0.3) is 0 Å². The molecule has 3 N–H and O–H groups in total. The minimum Gasteiger partial charge on any atom is -0.368 e. The Kier molecular flexibility index (Phi) is 2.94. The maximum atomic E-state index is 12.0. The molecular weight excluding hydrogens is 219 g/mol. The number of primary amides is 1. The van der Waals surface area contributed by atoms with Crippen molar-refractivity contribution in [1.82, 2.24) is 4.98 Å². The second kappa shape index (κ2) is 3.82. The van der Waals surface area contributed by atoms with Gasteiger partial charge in [-0.2, -0.15) is 13.2 Å². The number of hydrogen-bond donors (Lipinski definition) is 2. The first kappa shape index (κ1) is 10.8. The first-order valence-corrected chi connectivity index (χ1v) is 4.32. The predicted octanol–water partition coefficient (Wildman–Crippen LogP) is 1.06. The van der Waals surface area contributed by atoms with Crippen molar-refractivity contribution in [3.63, 3.8) is 0 Å². The van der Waals surface area contributed by atoms with Crippen LogP contribution >= 0.6 is 11.3 Å². The number of nitrogens with zero attached hydrogens (tertiary/aromatic N) is 1. The fraction of sp³-hybridized carbons (Fsp3) is 0.333. The highest BCUT2D eigenvalue weighted by atomic mass is 32.1. The Hall–Kier alpha value is -1.31. The third-order valence-corrected chi connectivity index (χ3v) is 2.01. The molecule has 0 saturated heterocycles. The Balaban J connectivity index is 2.64. The van der Waals surface area contributed by atoms with Gasteiger partial charge < -0.3 is 11.1 Å². The van der Waals surface area contributed by atoms with Gasteiger partial charge in [0.05, 0.1) is 6.54 Å². The Labute approximate surface area is 80.9 Å². The molecule has 0 radical (unpaired) electrons. The molecule has 78 valence electrons. The number of aromatic nitrogens is 1. The number of carbonyl (C=O) groups is 1. The Bertz CT molecular complexity index is 335. The van der Waals surface area contributed by atoms with Crippen molar-refractivity contribution < 1.29 is 18.0 Å². The number of carbonyl (C=O) groups excluding carboxylic acids is 1. The lowest BCUT2D eigenvalue weighted by atomic mass is 10.5. The number of amides is 1. The maximum absolute atomic E-state index is 12.0. The van der Waals surface area contributed by atoms with E-state index in [2.05, 4.69) is 10.3 Å². The molecule has 0 unspecified atom stereocenters. The third kappa shape index (κ3) is 2.87. The number of halogens is 3. The lowest BCUT2D eigenvalue weighted by Crippen LogP contribution is -2.21. The summed E-state index contributed by atoms with van der Waals surface area (Å²) in [6.07, 6.45) is -4.46. The van der Waals surface area contributed by atoms with Crippen LogP contribution in [0.1, 0.15) is 5.69 Å². The lowest BCUT2D eigenvalue weighted by molar-refractivity contribution is -0.140. The molecule has 0 saturated carbocycles. The van der Waals surface area contributed by atoms with Gasteiger partial charge in [0, 0.05) is 5.38 Å². The molecule has 1 aromatic heterocycles. The van der Waals surface area contributed by atoms with Crippen LogP contribution in [0.15, 0.2) is 5.38 Å². The first-order chi connectivity index (χ1) is 6.39. The molecule has 4 nitrogen and oxygen atoms in total. The summed E-state index contributed by atoms with van der Waals surface area (Å²) in [6, 6.07) is 0. The summed E-state index contributed by atoms with van der Waals surface area (Å²) in [5.41, 5.74) is 3.81. The highest BCUT2D eigenvalue weighted by molar-refractivity contribution is 7.13. The minimum absolute atomic E-state index is 0.0242. The molecular formula is C6H6F3N3OS. The van der Waals surface area contributed by atoms with Crippen LogP contribution in [0, 0.1) is 0 Å². The zero-order valence-corrected chi connectivity index (χ0v) is 7.58. The van der Waals surface area contributed by atoms with Crippen LogP contribution in [0.5, 0.6) is 0 Å². The van der Waals surface area contributed by atoms with Gasteiger partial charge in [-0.25, -0.2) is 4.98 Å². The van der Waals surface area contributed by atoms with Gasteiger partial charge in [0.15, 0.2) is 10.8 Å². The summed E-state index contributed by atoms with van der Waals surface area (Å²) in [5, 5.41) is 3.26. The van der Waals surface area contributed by atoms with E-state index in [0.29, 0.717) is 0 Å². The van der Waals surface area contributed by atoms with E-state index >= 15 is 0 Å². The highest BCUT2D eigenvalue weighted by Crippen LogP contribution is 2.31. The molecule has 0 aliphatic rings. The van der Waals surface area contributed by atoms with Crippen molar-refractivity contribution in [2.24, 2.45) is 5.73 Å². The summed E-state index contributed by atoms with van der Waals surface area (Å²) in [7, 11) is 0. The zero-order valence-electron chi connectivity index (χ0n) is 6.76. The molecule has 0 aromatic carbocycles. The molecule has 0 atom stereocenters. The van der Waals surface area contributed by atoms with E-state index in [1.165, 1.54) is 0 Å². The average Bonchev–Trinajstić information content (AvgIpc) is 2.47. The number of rotatable bonds is 3. The number of anilines is 1. The van der Waals surface area contributed by atoms with E-state index in [1.807, 2.05) is 0 Å². The van der Waals surface area contributed by atoms with Crippen LogP contribution in [-0.2, 0) is 11.0 Å². The number of hydrogen-bond acceptors (Lipinski definition) is 4. The first-order valence-electron chi connectivity index (χ1n) is 3.44. The molecule has 14 heavy (non-hydrogen) atoms. The largest absolute Gasteiger partial charge is 0.434 e. The molecule has 1 amide bonds. The van der Waals surface area contributed by atoms with E-state index in [1.54, 1.807) is 0 Å². The number of nitrogens with one attached hydrogen (secondary N) is 1. The van der Waals surface area contributed by atoms with Gasteiger partial charge in [0.25, 0.3) is 0 Å². The van der Waals surface area contributed by atoms with Gasteiger partial charge >= 0.3 is 6.18 Å². The Morgan fingerprint density at radius 1 is 1.64 bits per heavy atom. The molecule has 1 rings (SSSR count). The van der Waals surface area contributed by atoms with E-state index < -0.39 is 17.8 Å². The summed E-state index contributed by atoms with van der Waals surface area (Å²) in [4.78, 5) is 13.5. The predicted molar refractivity (Wildman–Crippen MR) is 44.8 cm³/mol. The van der Waals surface area contributed by atoms with Crippen molar-refractivity contribution in [1.29, 1.82) is 0 Å². The molecule has 0 aliphatic heterocycles. The molecule has 1 aromatic rings. The van der Waals surface area contributed by atoms with E-state index in [-0.39, 0.29) is 11.7 Å². The van der Waals surface area contributed by atoms with Gasteiger partial charge in [0.2, 0.25) is 5.91 Å². The van der Waals surface area contributed by atoms with Crippen molar-refractivity contribution >= 4 is 22.4 Å². The zero-order chi connectivity index (χ0) is 10.8. The molecule has 0 aliphatic carbocycles. The van der Waals surface area contributed by atoms with Gasteiger partial charge in [-0.15, -0.1) is 11.3 Å². The topological polar surface area (TPSA) is 68.0 Å².